The van der Waals surface area contributed by atoms with Gasteiger partial charge in [0.05, 0.1) is 30.0 Å². The molecule has 0 radical (unpaired) electrons. The number of pyridine rings is 1. The highest BCUT2D eigenvalue weighted by Gasteiger charge is 2.28. The standard InChI is InChI=1S/C30H33FN6O4/c1-30(2,29(39)40)15-19-10-11-22(31)21(14-19)23-7-3-9-25(34-23)35-26-16-32-17-27(36-26)37-13-5-6-20(18-37)41-28-24(38)8-4-12-33-28/h3,7,9-12,14,16-17,20,38H,4-6,8,13,15,18H2,1-2H3,(H,39,40)(H,34,35,36). The molecule has 0 aliphatic carbocycles. The van der Waals surface area contributed by atoms with Gasteiger partial charge in [-0.05, 0) is 69.4 Å². The molecule has 11 heteroatoms. The third-order valence-corrected chi connectivity index (χ3v) is 7.10. The lowest BCUT2D eigenvalue weighted by Crippen LogP contribution is -2.40. The maximum absolute atomic E-state index is 14.8. The van der Waals surface area contributed by atoms with E-state index in [1.54, 1.807) is 62.8 Å². The molecule has 1 atom stereocenters. The number of aliphatic carboxylic acids is 1. The van der Waals surface area contributed by atoms with Crippen LogP contribution in [0.5, 0.6) is 0 Å². The first-order chi connectivity index (χ1) is 19.7. The zero-order valence-electron chi connectivity index (χ0n) is 23.0. The number of carbonyl (C=O) groups is 1. The van der Waals surface area contributed by atoms with Crippen LogP contribution >= 0.6 is 0 Å². The molecular weight excluding hydrogens is 527 g/mol. The maximum atomic E-state index is 14.8. The summed E-state index contributed by atoms with van der Waals surface area (Å²) in [5.74, 6) is 0.720. The number of aliphatic hydroxyl groups excluding tert-OH is 1. The highest BCUT2D eigenvalue weighted by atomic mass is 19.1. The Morgan fingerprint density at radius 1 is 1.20 bits per heavy atom. The fourth-order valence-electron chi connectivity index (χ4n) is 4.85. The third kappa shape index (κ3) is 6.79. The lowest BCUT2D eigenvalue weighted by Gasteiger charge is -2.33. The Hall–Kier alpha value is -4.54. The van der Waals surface area contributed by atoms with Gasteiger partial charge in [0.25, 0.3) is 5.88 Å². The molecule has 1 aromatic carbocycles. The van der Waals surface area contributed by atoms with Gasteiger partial charge < -0.3 is 25.2 Å². The molecule has 0 spiro atoms. The summed E-state index contributed by atoms with van der Waals surface area (Å²) in [5.41, 5.74) is 0.414. The van der Waals surface area contributed by atoms with Gasteiger partial charge in [-0.2, -0.15) is 0 Å². The predicted octanol–water partition coefficient (Wildman–Crippen LogP) is 5.65. The quantitative estimate of drug-likeness (QED) is 0.303. The molecule has 2 aromatic heterocycles. The Bertz CT molecular complexity index is 1490. The number of halogens is 1. The Morgan fingerprint density at radius 2 is 2.05 bits per heavy atom. The van der Waals surface area contributed by atoms with Crippen LogP contribution in [0.25, 0.3) is 11.3 Å². The van der Waals surface area contributed by atoms with Crippen molar-refractivity contribution in [3.05, 3.63) is 71.8 Å². The van der Waals surface area contributed by atoms with Crippen molar-refractivity contribution in [2.75, 3.05) is 23.3 Å². The van der Waals surface area contributed by atoms with Gasteiger partial charge in [0.15, 0.2) is 11.6 Å². The average Bonchev–Trinajstić information content (AvgIpc) is 2.95. The maximum Gasteiger partial charge on any atom is 0.309 e. The number of benzene rings is 1. The van der Waals surface area contributed by atoms with E-state index >= 15 is 0 Å². The molecule has 41 heavy (non-hydrogen) atoms. The van der Waals surface area contributed by atoms with E-state index in [4.69, 9.17) is 9.72 Å². The molecule has 3 N–H and O–H groups in total. The van der Waals surface area contributed by atoms with E-state index in [0.717, 1.165) is 19.4 Å². The van der Waals surface area contributed by atoms with Crippen LogP contribution in [0.1, 0.15) is 45.1 Å². The normalized spacial score (nSPS) is 17.4. The minimum absolute atomic E-state index is 0.139. The number of piperidine rings is 1. The number of hydrogen-bond donors (Lipinski definition) is 3. The Labute approximate surface area is 237 Å². The van der Waals surface area contributed by atoms with E-state index in [9.17, 15) is 19.4 Å². The van der Waals surface area contributed by atoms with E-state index in [1.165, 1.54) is 6.07 Å². The molecular formula is C30H33FN6O4. The highest BCUT2D eigenvalue weighted by molar-refractivity contribution is 5.74. The molecule has 0 saturated carbocycles. The first-order valence-electron chi connectivity index (χ1n) is 13.6. The Balaban J connectivity index is 1.30. The second-order valence-electron chi connectivity index (χ2n) is 10.9. The first-order valence-corrected chi connectivity index (χ1v) is 13.6. The number of hydrogen-bond acceptors (Lipinski definition) is 9. The SMILES string of the molecule is CC(C)(Cc1ccc(F)c(-c2cccc(Nc3cncc(N4CCCC(OC5=C(O)CCC=N5)C4)n3)n2)c1)C(=O)O. The van der Waals surface area contributed by atoms with Gasteiger partial charge in [-0.1, -0.05) is 12.1 Å². The zero-order chi connectivity index (χ0) is 29.0. The van der Waals surface area contributed by atoms with Gasteiger partial charge in [0, 0.05) is 24.7 Å². The predicted molar refractivity (Wildman–Crippen MR) is 154 cm³/mol. The van der Waals surface area contributed by atoms with Crippen molar-refractivity contribution >= 4 is 29.6 Å². The number of nitrogens with one attached hydrogen (secondary N) is 1. The fourth-order valence-corrected chi connectivity index (χ4v) is 4.85. The van der Waals surface area contributed by atoms with Crippen molar-refractivity contribution in [3.63, 3.8) is 0 Å². The molecule has 2 aliphatic heterocycles. The monoisotopic (exact) mass is 560 g/mol. The molecule has 1 saturated heterocycles. The molecule has 3 aromatic rings. The van der Waals surface area contributed by atoms with Crippen molar-refractivity contribution in [2.45, 2.75) is 52.1 Å². The second-order valence-corrected chi connectivity index (χ2v) is 10.9. The van der Waals surface area contributed by atoms with Gasteiger partial charge in [0.2, 0.25) is 0 Å². The van der Waals surface area contributed by atoms with Gasteiger partial charge in [-0.25, -0.2) is 19.4 Å². The summed E-state index contributed by atoms with van der Waals surface area (Å²) in [6, 6.07) is 9.81. The lowest BCUT2D eigenvalue weighted by atomic mass is 9.85. The van der Waals surface area contributed by atoms with Crippen molar-refractivity contribution in [3.8, 4) is 11.3 Å². The summed E-state index contributed by atoms with van der Waals surface area (Å²) >= 11 is 0. The van der Waals surface area contributed by atoms with Crippen molar-refractivity contribution in [1.29, 1.82) is 0 Å². The topological polar surface area (TPSA) is 133 Å². The van der Waals surface area contributed by atoms with Crippen LogP contribution in [0, 0.1) is 11.2 Å². The zero-order valence-corrected chi connectivity index (χ0v) is 23.0. The number of ether oxygens (including phenoxy) is 1. The molecule has 214 valence electrons. The largest absolute Gasteiger partial charge is 0.507 e. The minimum atomic E-state index is -0.987. The fraction of sp³-hybridized carbons (Fsp3) is 0.367. The number of aliphatic hydroxyl groups is 1. The number of aliphatic imine (C=N–C) groups is 1. The number of carboxylic acid groups (broad SMARTS) is 1. The summed E-state index contributed by atoms with van der Waals surface area (Å²) < 4.78 is 20.8. The van der Waals surface area contributed by atoms with Crippen LogP contribution in [-0.4, -0.2) is 56.5 Å². The summed E-state index contributed by atoms with van der Waals surface area (Å²) in [5, 5.41) is 22.7. The van der Waals surface area contributed by atoms with E-state index in [-0.39, 0.29) is 23.8 Å². The lowest BCUT2D eigenvalue weighted by molar-refractivity contribution is -0.146. The number of carboxylic acids is 1. The Morgan fingerprint density at radius 3 is 2.85 bits per heavy atom. The van der Waals surface area contributed by atoms with Crippen molar-refractivity contribution in [1.82, 2.24) is 15.0 Å². The molecule has 0 amide bonds. The number of anilines is 3. The molecule has 2 aliphatic rings. The van der Waals surface area contributed by atoms with E-state index < -0.39 is 17.2 Å². The number of aromatic nitrogens is 3. The first kappa shape index (κ1) is 28.0. The summed E-state index contributed by atoms with van der Waals surface area (Å²) in [6.45, 7) is 4.64. The van der Waals surface area contributed by atoms with Crippen molar-refractivity contribution in [2.24, 2.45) is 10.4 Å². The molecule has 5 rings (SSSR count). The van der Waals surface area contributed by atoms with Gasteiger partial charge in [0.1, 0.15) is 23.6 Å². The summed E-state index contributed by atoms with van der Waals surface area (Å²) in [6.07, 6.45) is 8.11. The molecule has 4 heterocycles. The number of allylic oxidation sites excluding steroid dienone is 1. The van der Waals surface area contributed by atoms with Gasteiger partial charge in [-0.15, -0.1) is 0 Å². The Kier molecular flexibility index (Phi) is 8.14. The number of nitrogens with zero attached hydrogens (tertiary/aromatic N) is 5. The molecule has 10 nitrogen and oxygen atoms in total. The van der Waals surface area contributed by atoms with E-state index in [0.29, 0.717) is 54.0 Å². The van der Waals surface area contributed by atoms with Gasteiger partial charge in [-0.3, -0.25) is 9.78 Å². The van der Waals surface area contributed by atoms with Crippen LogP contribution in [0.2, 0.25) is 0 Å². The molecule has 0 bridgehead atoms. The van der Waals surface area contributed by atoms with Crippen LogP contribution in [0.4, 0.5) is 21.8 Å². The van der Waals surface area contributed by atoms with Crippen LogP contribution in [0.15, 0.2) is 65.4 Å². The van der Waals surface area contributed by atoms with Gasteiger partial charge >= 0.3 is 5.97 Å². The molecule has 1 fully saturated rings. The smallest absolute Gasteiger partial charge is 0.309 e. The summed E-state index contributed by atoms with van der Waals surface area (Å²) in [7, 11) is 0. The van der Waals surface area contributed by atoms with Crippen LogP contribution in [-0.2, 0) is 16.0 Å². The van der Waals surface area contributed by atoms with Crippen molar-refractivity contribution < 1.29 is 24.1 Å². The molecule has 1 unspecified atom stereocenters. The van der Waals surface area contributed by atoms with E-state index in [2.05, 4.69) is 25.2 Å². The highest BCUT2D eigenvalue weighted by Crippen LogP contribution is 2.29. The minimum Gasteiger partial charge on any atom is -0.507 e. The summed E-state index contributed by atoms with van der Waals surface area (Å²) in [4.78, 5) is 31.5. The average molecular weight is 561 g/mol. The van der Waals surface area contributed by atoms with E-state index in [1.807, 2.05) is 0 Å². The third-order valence-electron chi connectivity index (χ3n) is 7.10. The van der Waals surface area contributed by atoms with Crippen LogP contribution < -0.4 is 10.2 Å². The number of rotatable bonds is 9. The second kappa shape index (κ2) is 11.9. The van der Waals surface area contributed by atoms with Crippen LogP contribution in [0.3, 0.4) is 0 Å².